The molecule has 7 heteroatoms. The van der Waals surface area contributed by atoms with Crippen LogP contribution >= 0.6 is 11.8 Å². The zero-order valence-corrected chi connectivity index (χ0v) is 16.0. The second kappa shape index (κ2) is 7.75. The predicted molar refractivity (Wildman–Crippen MR) is 105 cm³/mol. The van der Waals surface area contributed by atoms with Gasteiger partial charge in [-0.25, -0.2) is 4.39 Å². The lowest BCUT2D eigenvalue weighted by Gasteiger charge is -2.35. The minimum absolute atomic E-state index is 0.0578. The predicted octanol–water partition coefficient (Wildman–Crippen LogP) is 3.79. The van der Waals surface area contributed by atoms with Crippen LogP contribution in [0.5, 0.6) is 0 Å². The van der Waals surface area contributed by atoms with Gasteiger partial charge >= 0.3 is 0 Å². The number of halogens is 1. The quantitative estimate of drug-likeness (QED) is 0.789. The van der Waals surface area contributed by atoms with E-state index in [2.05, 4.69) is 0 Å². The van der Waals surface area contributed by atoms with Gasteiger partial charge in [0.25, 0.3) is 11.1 Å². The van der Waals surface area contributed by atoms with Crippen molar-refractivity contribution in [2.45, 2.75) is 18.9 Å². The average molecular weight is 398 g/mol. The van der Waals surface area contributed by atoms with Gasteiger partial charge in [-0.1, -0.05) is 36.0 Å². The van der Waals surface area contributed by atoms with Crippen molar-refractivity contribution in [2.75, 3.05) is 18.8 Å². The maximum absolute atomic E-state index is 13.1. The van der Waals surface area contributed by atoms with Crippen LogP contribution in [0.4, 0.5) is 9.18 Å². The van der Waals surface area contributed by atoms with Crippen LogP contribution in [0.25, 0.3) is 11.1 Å². The molecule has 28 heavy (non-hydrogen) atoms. The topological polar surface area (TPSA) is 57.7 Å². The number of rotatable bonds is 3. The number of thioether (sulfide) groups is 1. The molecule has 4 rings (SSSR count). The number of benzene rings is 2. The van der Waals surface area contributed by atoms with Crippen LogP contribution in [0.1, 0.15) is 23.2 Å². The number of hydrogen-bond donors (Lipinski definition) is 0. The number of hydrogen-bond acceptors (Lipinski definition) is 4. The van der Waals surface area contributed by atoms with Gasteiger partial charge in [0.15, 0.2) is 0 Å². The third kappa shape index (κ3) is 3.67. The smallest absolute Gasteiger partial charge is 0.289 e. The zero-order chi connectivity index (χ0) is 19.7. The van der Waals surface area contributed by atoms with E-state index < -0.39 is 0 Å². The molecule has 2 aromatic carbocycles. The molecule has 0 unspecified atom stereocenters. The molecule has 0 spiro atoms. The van der Waals surface area contributed by atoms with Crippen LogP contribution in [0.15, 0.2) is 48.5 Å². The number of imide groups is 1. The molecule has 2 heterocycles. The average Bonchev–Trinajstić information content (AvgIpc) is 3.06. The van der Waals surface area contributed by atoms with Crippen molar-refractivity contribution >= 4 is 28.8 Å². The lowest BCUT2D eigenvalue weighted by Crippen LogP contribution is -2.48. The highest BCUT2D eigenvalue weighted by atomic mass is 32.2. The van der Waals surface area contributed by atoms with E-state index in [-0.39, 0.29) is 34.7 Å². The fourth-order valence-corrected chi connectivity index (χ4v) is 4.45. The van der Waals surface area contributed by atoms with Crippen LogP contribution in [0.2, 0.25) is 0 Å². The highest BCUT2D eigenvalue weighted by molar-refractivity contribution is 8.14. The highest BCUT2D eigenvalue weighted by Crippen LogP contribution is 2.27. The summed E-state index contributed by atoms with van der Waals surface area (Å²) in [6, 6.07) is 13.4. The van der Waals surface area contributed by atoms with E-state index in [1.807, 2.05) is 12.1 Å². The van der Waals surface area contributed by atoms with Crippen molar-refractivity contribution in [3.8, 4) is 11.1 Å². The molecule has 0 radical (unpaired) electrons. The first kappa shape index (κ1) is 18.7. The summed E-state index contributed by atoms with van der Waals surface area (Å²) in [5.41, 5.74) is 2.39. The number of piperidine rings is 1. The summed E-state index contributed by atoms with van der Waals surface area (Å²) in [6.45, 7) is 1.04. The molecule has 2 aromatic rings. The van der Waals surface area contributed by atoms with Crippen LogP contribution in [-0.2, 0) is 4.79 Å². The number of carbonyl (C=O) groups is 3. The molecular formula is C21H19FN2O3S. The Hall–Kier alpha value is -2.67. The van der Waals surface area contributed by atoms with Crippen molar-refractivity contribution in [2.24, 2.45) is 0 Å². The fourth-order valence-electron chi connectivity index (χ4n) is 3.67. The van der Waals surface area contributed by atoms with Gasteiger partial charge in [-0.15, -0.1) is 0 Å². The second-order valence-electron chi connectivity index (χ2n) is 6.93. The molecule has 144 valence electrons. The first-order valence-corrected chi connectivity index (χ1v) is 10.2. The maximum atomic E-state index is 13.1. The number of carbonyl (C=O) groups excluding carboxylic acids is 3. The molecule has 0 N–H and O–H groups in total. The van der Waals surface area contributed by atoms with Gasteiger partial charge in [0.1, 0.15) is 5.82 Å². The third-order valence-electron chi connectivity index (χ3n) is 5.21. The van der Waals surface area contributed by atoms with Gasteiger partial charge in [-0.2, -0.15) is 0 Å². The van der Waals surface area contributed by atoms with E-state index in [4.69, 9.17) is 0 Å². The van der Waals surface area contributed by atoms with Crippen molar-refractivity contribution in [1.82, 2.24) is 9.80 Å². The van der Waals surface area contributed by atoms with Gasteiger partial charge in [-0.3, -0.25) is 19.3 Å². The van der Waals surface area contributed by atoms with Gasteiger partial charge in [-0.05, 0) is 48.2 Å². The minimum atomic E-state index is -0.283. The molecule has 0 aromatic heterocycles. The lowest BCUT2D eigenvalue weighted by molar-refractivity contribution is -0.126. The number of amides is 3. The van der Waals surface area contributed by atoms with Gasteiger partial charge in [0.2, 0.25) is 5.91 Å². The Labute approximate surface area is 166 Å². The first-order chi connectivity index (χ1) is 13.5. The maximum Gasteiger partial charge on any atom is 0.289 e. The van der Waals surface area contributed by atoms with Gasteiger partial charge < -0.3 is 4.90 Å². The van der Waals surface area contributed by atoms with Crippen LogP contribution in [0, 0.1) is 5.82 Å². The highest BCUT2D eigenvalue weighted by Gasteiger charge is 2.38. The Morgan fingerprint density at radius 3 is 2.04 bits per heavy atom. The van der Waals surface area contributed by atoms with E-state index in [0.717, 1.165) is 22.9 Å². The summed E-state index contributed by atoms with van der Waals surface area (Å²) in [4.78, 5) is 39.6. The summed E-state index contributed by atoms with van der Waals surface area (Å²) in [7, 11) is 0. The van der Waals surface area contributed by atoms with E-state index >= 15 is 0 Å². The van der Waals surface area contributed by atoms with E-state index in [1.54, 1.807) is 29.2 Å². The zero-order valence-electron chi connectivity index (χ0n) is 15.1. The summed E-state index contributed by atoms with van der Waals surface area (Å²) < 4.78 is 13.1. The largest absolute Gasteiger partial charge is 0.338 e. The van der Waals surface area contributed by atoms with Crippen LogP contribution in [-0.4, -0.2) is 51.7 Å². The van der Waals surface area contributed by atoms with Crippen molar-refractivity contribution in [3.63, 3.8) is 0 Å². The Bertz CT molecular complexity index is 890. The van der Waals surface area contributed by atoms with E-state index in [0.29, 0.717) is 31.5 Å². The normalized spacial score (nSPS) is 18.0. The summed E-state index contributed by atoms with van der Waals surface area (Å²) >= 11 is 1.05. The molecular weight excluding hydrogens is 379 g/mol. The molecule has 0 aliphatic carbocycles. The van der Waals surface area contributed by atoms with Crippen molar-refractivity contribution in [1.29, 1.82) is 0 Å². The molecule has 2 aliphatic rings. The number of nitrogens with zero attached hydrogens (tertiary/aromatic N) is 2. The molecule has 2 saturated heterocycles. The van der Waals surface area contributed by atoms with Crippen LogP contribution in [0.3, 0.4) is 0 Å². The molecule has 2 aliphatic heterocycles. The standard InChI is InChI=1S/C21H19FN2O3S/c22-17-7-5-15(6-8-17)14-1-3-16(4-2-14)20(26)23-11-9-18(10-12-23)24-19(25)13-28-21(24)27/h1-8,18H,9-13H2. The molecule has 2 fully saturated rings. The van der Waals surface area contributed by atoms with Gasteiger partial charge in [0.05, 0.1) is 5.75 Å². The second-order valence-corrected chi connectivity index (χ2v) is 7.85. The fraction of sp³-hybridized carbons (Fsp3) is 0.286. The molecule has 3 amide bonds. The molecule has 5 nitrogen and oxygen atoms in total. The van der Waals surface area contributed by atoms with Crippen molar-refractivity contribution < 1.29 is 18.8 Å². The Balaban J connectivity index is 1.39. The SMILES string of the molecule is O=C(c1ccc(-c2ccc(F)cc2)cc1)N1CCC(N2C(=O)CSC2=O)CC1. The molecule has 0 saturated carbocycles. The minimum Gasteiger partial charge on any atom is -0.338 e. The lowest BCUT2D eigenvalue weighted by atomic mass is 10.0. The first-order valence-electron chi connectivity index (χ1n) is 9.17. The van der Waals surface area contributed by atoms with E-state index in [9.17, 15) is 18.8 Å². The molecule has 0 bridgehead atoms. The third-order valence-corrected chi connectivity index (χ3v) is 6.05. The van der Waals surface area contributed by atoms with E-state index in [1.165, 1.54) is 17.0 Å². The monoisotopic (exact) mass is 398 g/mol. The number of likely N-dealkylation sites (tertiary alicyclic amines) is 1. The van der Waals surface area contributed by atoms with Crippen molar-refractivity contribution in [3.05, 3.63) is 59.9 Å². The van der Waals surface area contributed by atoms with Gasteiger partial charge in [0, 0.05) is 24.7 Å². The Morgan fingerprint density at radius 2 is 1.50 bits per heavy atom. The van der Waals surface area contributed by atoms with Crippen LogP contribution < -0.4 is 0 Å². The molecule has 0 atom stereocenters. The Morgan fingerprint density at radius 1 is 0.929 bits per heavy atom. The summed E-state index contributed by atoms with van der Waals surface area (Å²) in [6.07, 6.45) is 1.22. The summed E-state index contributed by atoms with van der Waals surface area (Å²) in [5, 5.41) is -0.175. The Kier molecular flexibility index (Phi) is 5.17. The summed E-state index contributed by atoms with van der Waals surface area (Å²) in [5.74, 6) is -0.248.